The number of pyridine rings is 1. The Kier molecular flexibility index (Phi) is 7.03. The number of aromatic nitrogens is 5. The quantitative estimate of drug-likeness (QED) is 0.279. The molecule has 0 spiro atoms. The molecular formula is C24H15F6N5O. The van der Waals surface area contributed by atoms with E-state index in [0.29, 0.717) is 17.2 Å². The summed E-state index contributed by atoms with van der Waals surface area (Å²) in [5.41, 5.74) is -1.95. The van der Waals surface area contributed by atoms with E-state index in [-0.39, 0.29) is 24.2 Å². The second-order valence-corrected chi connectivity index (χ2v) is 7.74. The highest BCUT2D eigenvalue weighted by atomic mass is 19.4. The van der Waals surface area contributed by atoms with Gasteiger partial charge in [-0.05, 0) is 57.4 Å². The van der Waals surface area contributed by atoms with Crippen molar-refractivity contribution in [3.63, 3.8) is 0 Å². The summed E-state index contributed by atoms with van der Waals surface area (Å²) >= 11 is 0. The molecule has 0 amide bonds. The molecule has 4 aromatic rings. The van der Waals surface area contributed by atoms with Crippen molar-refractivity contribution in [2.75, 3.05) is 0 Å². The summed E-state index contributed by atoms with van der Waals surface area (Å²) in [6.45, 7) is -0.351. The molecule has 0 saturated heterocycles. The maximum atomic E-state index is 14.6. The van der Waals surface area contributed by atoms with Gasteiger partial charge in [0.2, 0.25) is 0 Å². The van der Waals surface area contributed by atoms with Crippen molar-refractivity contribution in [2.45, 2.75) is 24.7 Å². The van der Waals surface area contributed by atoms with Gasteiger partial charge in [-0.25, -0.2) is 13.5 Å². The van der Waals surface area contributed by atoms with Gasteiger partial charge in [0.25, 0.3) is 0 Å². The molecule has 0 aliphatic carbocycles. The number of halogens is 6. The minimum Gasteiger partial charge on any atom is -0.260 e. The molecule has 2 aromatic heterocycles. The third-order valence-electron chi connectivity index (χ3n) is 5.23. The largest absolute Gasteiger partial charge is 0.416 e. The fraction of sp³-hybridized carbons (Fsp3) is 0.167. The Labute approximate surface area is 200 Å². The Hall–Kier alpha value is -4.24. The second-order valence-electron chi connectivity index (χ2n) is 7.74. The molecule has 0 N–H and O–H groups in total. The van der Waals surface area contributed by atoms with Crippen LogP contribution in [0.25, 0.3) is 0 Å². The lowest BCUT2D eigenvalue weighted by Gasteiger charge is -2.29. The number of tetrazole rings is 1. The topological polar surface area (TPSA) is 65.7 Å². The van der Waals surface area contributed by atoms with E-state index in [1.807, 2.05) is 0 Å². The van der Waals surface area contributed by atoms with Crippen LogP contribution in [0.15, 0.2) is 67.1 Å². The lowest BCUT2D eigenvalue weighted by Crippen LogP contribution is -2.37. The van der Waals surface area contributed by atoms with Crippen LogP contribution < -0.4 is 0 Å². The number of benzene rings is 2. The van der Waals surface area contributed by atoms with Crippen molar-refractivity contribution in [3.05, 3.63) is 107 Å². The van der Waals surface area contributed by atoms with Crippen LogP contribution in [0.5, 0.6) is 0 Å². The standard InChI is InChI=1S/C24H15F6N5O/c25-19-8-10-21(22(26)11-19)23(36-30,14-35-15-32-33-34-35)12-20-9-5-17(13-31-20)2-1-16-3-6-18(7-4-16)24(27,28)29/h3-11,13,15H,12,14H2. The maximum Gasteiger partial charge on any atom is 0.416 e. The van der Waals surface area contributed by atoms with Crippen LogP contribution in [0.1, 0.15) is 27.9 Å². The highest BCUT2D eigenvalue weighted by molar-refractivity contribution is 5.43. The molecule has 0 bridgehead atoms. The van der Waals surface area contributed by atoms with Crippen LogP contribution >= 0.6 is 0 Å². The van der Waals surface area contributed by atoms with Crippen LogP contribution in [0.2, 0.25) is 0 Å². The zero-order valence-corrected chi connectivity index (χ0v) is 18.2. The molecule has 36 heavy (non-hydrogen) atoms. The lowest BCUT2D eigenvalue weighted by atomic mass is 9.88. The predicted molar refractivity (Wildman–Crippen MR) is 113 cm³/mol. The van der Waals surface area contributed by atoms with Crippen LogP contribution in [-0.2, 0) is 29.7 Å². The first-order valence-corrected chi connectivity index (χ1v) is 10.3. The zero-order chi connectivity index (χ0) is 25.8. The first kappa shape index (κ1) is 24.9. The molecule has 1 atom stereocenters. The molecular weight excluding hydrogens is 488 g/mol. The van der Waals surface area contributed by atoms with Gasteiger partial charge >= 0.3 is 6.18 Å². The molecule has 6 nitrogen and oxygen atoms in total. The zero-order valence-electron chi connectivity index (χ0n) is 18.2. The molecule has 2 heterocycles. The molecule has 1 unspecified atom stereocenters. The molecule has 0 saturated carbocycles. The van der Waals surface area contributed by atoms with Gasteiger partial charge in [-0.1, -0.05) is 17.9 Å². The van der Waals surface area contributed by atoms with Crippen LogP contribution in [0.3, 0.4) is 0 Å². The van der Waals surface area contributed by atoms with Gasteiger partial charge in [0, 0.05) is 41.1 Å². The van der Waals surface area contributed by atoms with Gasteiger partial charge in [-0.15, -0.1) is 5.10 Å². The van der Waals surface area contributed by atoms with Crippen molar-refractivity contribution in [3.8, 4) is 11.8 Å². The van der Waals surface area contributed by atoms with Crippen molar-refractivity contribution >= 4 is 0 Å². The number of hydrogen-bond acceptors (Lipinski definition) is 5. The number of rotatable bonds is 6. The highest BCUT2D eigenvalue weighted by Crippen LogP contribution is 2.34. The Morgan fingerprint density at radius 3 is 2.22 bits per heavy atom. The third-order valence-corrected chi connectivity index (χ3v) is 5.23. The van der Waals surface area contributed by atoms with Gasteiger partial charge < -0.3 is 0 Å². The summed E-state index contributed by atoms with van der Waals surface area (Å²) in [5.74, 6) is 3.63. The summed E-state index contributed by atoms with van der Waals surface area (Å²) in [6, 6.07) is 10.1. The van der Waals surface area contributed by atoms with Crippen molar-refractivity contribution in [2.24, 2.45) is 0 Å². The van der Waals surface area contributed by atoms with E-state index in [1.54, 1.807) is 6.07 Å². The van der Waals surface area contributed by atoms with E-state index in [4.69, 9.17) is 0 Å². The average molecular weight is 503 g/mol. The molecule has 0 aliphatic heterocycles. The smallest absolute Gasteiger partial charge is 0.260 e. The summed E-state index contributed by atoms with van der Waals surface area (Å²) in [7, 11) is 0. The molecule has 0 aliphatic rings. The average Bonchev–Trinajstić information content (AvgIpc) is 3.36. The monoisotopic (exact) mass is 503 g/mol. The Morgan fingerprint density at radius 2 is 1.64 bits per heavy atom. The van der Waals surface area contributed by atoms with E-state index < -0.39 is 29.0 Å². The lowest BCUT2D eigenvalue weighted by molar-refractivity contribution is -0.251. The fourth-order valence-electron chi connectivity index (χ4n) is 3.49. The van der Waals surface area contributed by atoms with Crippen molar-refractivity contribution < 1.29 is 31.4 Å². The first-order valence-electron chi connectivity index (χ1n) is 10.3. The minimum absolute atomic E-state index is 0.269. The van der Waals surface area contributed by atoms with Gasteiger partial charge in [0.05, 0.1) is 12.1 Å². The first-order chi connectivity index (χ1) is 17.2. The predicted octanol–water partition coefficient (Wildman–Crippen LogP) is 4.80. The second kappa shape index (κ2) is 10.2. The molecule has 12 heteroatoms. The van der Waals surface area contributed by atoms with Crippen LogP contribution in [-0.4, -0.2) is 25.2 Å². The molecule has 4 rings (SSSR count). The fourth-order valence-corrected chi connectivity index (χ4v) is 3.49. The van der Waals surface area contributed by atoms with E-state index in [0.717, 1.165) is 28.9 Å². The Balaban J connectivity index is 1.58. The maximum absolute atomic E-state index is 14.6. The molecule has 184 valence electrons. The van der Waals surface area contributed by atoms with Gasteiger partial charge in [-0.2, -0.15) is 18.1 Å². The third kappa shape index (κ3) is 5.69. The van der Waals surface area contributed by atoms with E-state index in [9.17, 15) is 26.5 Å². The molecule has 0 radical (unpaired) electrons. The molecule has 2 aromatic carbocycles. The van der Waals surface area contributed by atoms with Crippen molar-refractivity contribution in [1.29, 1.82) is 0 Å². The van der Waals surface area contributed by atoms with E-state index in [1.165, 1.54) is 30.7 Å². The van der Waals surface area contributed by atoms with Crippen LogP contribution in [0, 0.1) is 23.5 Å². The van der Waals surface area contributed by atoms with E-state index in [2.05, 4.69) is 37.3 Å². The van der Waals surface area contributed by atoms with Gasteiger partial charge in [0.15, 0.2) is 5.60 Å². The number of alkyl halides is 3. The number of hydrogen-bond donors (Lipinski definition) is 0. The van der Waals surface area contributed by atoms with Crippen molar-refractivity contribution in [1.82, 2.24) is 25.2 Å². The summed E-state index contributed by atoms with van der Waals surface area (Å²) < 4.78 is 81.4. The van der Waals surface area contributed by atoms with Crippen LogP contribution in [0.4, 0.5) is 26.5 Å². The summed E-state index contributed by atoms with van der Waals surface area (Å²) in [6.07, 6.45) is -2.17. The minimum atomic E-state index is -4.44. The van der Waals surface area contributed by atoms with Gasteiger partial charge in [0.1, 0.15) is 18.0 Å². The summed E-state index contributed by atoms with van der Waals surface area (Å²) in [5, 5.41) is 10.6. The molecule has 0 fully saturated rings. The Bertz CT molecular complexity index is 1380. The van der Waals surface area contributed by atoms with E-state index >= 15 is 0 Å². The number of nitrogens with zero attached hydrogens (tertiary/aromatic N) is 5. The van der Waals surface area contributed by atoms with Gasteiger partial charge in [-0.3, -0.25) is 4.98 Å². The highest BCUT2D eigenvalue weighted by Gasteiger charge is 2.40. The Morgan fingerprint density at radius 1 is 0.917 bits per heavy atom. The SMILES string of the molecule is FOC(Cc1ccc(C#Cc2ccc(C(F)(F)F)cc2)cn1)(Cn1cnnn1)c1ccc(F)cc1F. The summed E-state index contributed by atoms with van der Waals surface area (Å²) in [4.78, 5) is 8.48. The normalized spacial score (nSPS) is 13.1.